The smallest absolute Gasteiger partial charge is 0.223 e. The van der Waals surface area contributed by atoms with Crippen LogP contribution in [0.5, 0.6) is 0 Å². The monoisotopic (exact) mass is 229 g/mol. The third-order valence-electron chi connectivity index (χ3n) is 3.78. The molecular weight excluding hydrogens is 210 g/mol. The lowest BCUT2D eigenvalue weighted by atomic mass is 10.0. The predicted molar refractivity (Wildman–Crippen MR) is 61.9 cm³/mol. The number of rotatable bonds is 4. The summed E-state index contributed by atoms with van der Waals surface area (Å²) >= 11 is 6.03. The SMILES string of the molecule is CC(C(=O)NCC1CCC(Cl)C1)C1CC1. The quantitative estimate of drug-likeness (QED) is 0.738. The van der Waals surface area contributed by atoms with E-state index in [2.05, 4.69) is 5.32 Å². The van der Waals surface area contributed by atoms with Crippen LogP contribution < -0.4 is 5.32 Å². The molecule has 0 spiro atoms. The van der Waals surface area contributed by atoms with Gasteiger partial charge in [0.1, 0.15) is 0 Å². The second-order valence-electron chi connectivity index (χ2n) is 5.15. The predicted octanol–water partition coefficient (Wildman–Crippen LogP) is 2.56. The molecule has 3 heteroatoms. The fourth-order valence-corrected chi connectivity index (χ4v) is 2.79. The minimum absolute atomic E-state index is 0.221. The summed E-state index contributed by atoms with van der Waals surface area (Å²) in [6.07, 6.45) is 5.83. The van der Waals surface area contributed by atoms with Gasteiger partial charge in [-0.3, -0.25) is 4.79 Å². The lowest BCUT2D eigenvalue weighted by molar-refractivity contribution is -0.125. The number of carbonyl (C=O) groups is 1. The molecule has 0 radical (unpaired) electrons. The van der Waals surface area contributed by atoms with Crippen LogP contribution in [0.3, 0.4) is 0 Å². The van der Waals surface area contributed by atoms with E-state index in [0.29, 0.717) is 17.2 Å². The molecule has 3 atom stereocenters. The normalized spacial score (nSPS) is 32.7. The van der Waals surface area contributed by atoms with Crippen LogP contribution in [0.2, 0.25) is 0 Å². The molecule has 15 heavy (non-hydrogen) atoms. The van der Waals surface area contributed by atoms with Crippen LogP contribution in [0, 0.1) is 17.8 Å². The summed E-state index contributed by atoms with van der Waals surface area (Å²) in [4.78, 5) is 11.7. The van der Waals surface area contributed by atoms with E-state index in [-0.39, 0.29) is 11.8 Å². The average molecular weight is 230 g/mol. The molecular formula is C12H20ClNO. The first-order valence-corrected chi connectivity index (χ1v) is 6.52. The van der Waals surface area contributed by atoms with Gasteiger partial charge in [-0.2, -0.15) is 0 Å². The molecule has 1 amide bonds. The third kappa shape index (κ3) is 3.10. The van der Waals surface area contributed by atoms with Crippen molar-refractivity contribution in [2.75, 3.05) is 6.54 Å². The Balaban J connectivity index is 1.66. The molecule has 3 unspecified atom stereocenters. The van der Waals surface area contributed by atoms with Crippen molar-refractivity contribution in [2.24, 2.45) is 17.8 Å². The highest BCUT2D eigenvalue weighted by atomic mass is 35.5. The Morgan fingerprint density at radius 3 is 2.67 bits per heavy atom. The van der Waals surface area contributed by atoms with Crippen molar-refractivity contribution in [3.63, 3.8) is 0 Å². The van der Waals surface area contributed by atoms with Crippen LogP contribution in [0.15, 0.2) is 0 Å². The molecule has 0 heterocycles. The van der Waals surface area contributed by atoms with E-state index in [1.807, 2.05) is 6.92 Å². The van der Waals surface area contributed by atoms with Crippen molar-refractivity contribution in [3.05, 3.63) is 0 Å². The molecule has 0 saturated heterocycles. The van der Waals surface area contributed by atoms with E-state index in [1.54, 1.807) is 0 Å². The maximum absolute atomic E-state index is 11.7. The molecule has 1 N–H and O–H groups in total. The number of hydrogen-bond acceptors (Lipinski definition) is 1. The Bertz CT molecular complexity index is 240. The topological polar surface area (TPSA) is 29.1 Å². The van der Waals surface area contributed by atoms with Crippen LogP contribution in [-0.4, -0.2) is 17.8 Å². The zero-order valence-corrected chi connectivity index (χ0v) is 10.1. The Labute approximate surface area is 96.8 Å². The summed E-state index contributed by atoms with van der Waals surface area (Å²) in [6.45, 7) is 2.88. The number of alkyl halides is 1. The molecule has 0 bridgehead atoms. The summed E-state index contributed by atoms with van der Waals surface area (Å²) in [7, 11) is 0. The average Bonchev–Trinajstić information content (AvgIpc) is 2.98. The fourth-order valence-electron chi connectivity index (χ4n) is 2.42. The largest absolute Gasteiger partial charge is 0.356 e. The van der Waals surface area contributed by atoms with Crippen LogP contribution in [0.25, 0.3) is 0 Å². The summed E-state index contributed by atoms with van der Waals surface area (Å²) in [6, 6.07) is 0. The fraction of sp³-hybridized carbons (Fsp3) is 0.917. The van der Waals surface area contributed by atoms with E-state index >= 15 is 0 Å². The van der Waals surface area contributed by atoms with Crippen LogP contribution in [0.4, 0.5) is 0 Å². The van der Waals surface area contributed by atoms with Crippen molar-refractivity contribution in [1.29, 1.82) is 0 Å². The van der Waals surface area contributed by atoms with Crippen molar-refractivity contribution in [2.45, 2.75) is 44.4 Å². The molecule has 0 aromatic heterocycles. The molecule has 2 nitrogen and oxygen atoms in total. The molecule has 86 valence electrons. The van der Waals surface area contributed by atoms with E-state index in [4.69, 9.17) is 11.6 Å². The van der Waals surface area contributed by atoms with E-state index in [0.717, 1.165) is 19.4 Å². The number of halogens is 1. The number of amides is 1. The summed E-state index contributed by atoms with van der Waals surface area (Å²) in [5.74, 6) is 1.74. The lowest BCUT2D eigenvalue weighted by Gasteiger charge is -2.14. The minimum Gasteiger partial charge on any atom is -0.356 e. The van der Waals surface area contributed by atoms with Crippen LogP contribution in [0.1, 0.15) is 39.0 Å². The first-order valence-electron chi connectivity index (χ1n) is 6.08. The van der Waals surface area contributed by atoms with E-state index < -0.39 is 0 Å². The molecule has 2 fully saturated rings. The highest BCUT2D eigenvalue weighted by Crippen LogP contribution is 2.36. The minimum atomic E-state index is 0.221. The van der Waals surface area contributed by atoms with Crippen molar-refractivity contribution in [1.82, 2.24) is 5.32 Å². The Morgan fingerprint density at radius 2 is 2.13 bits per heavy atom. The second kappa shape index (κ2) is 4.73. The van der Waals surface area contributed by atoms with Crippen molar-refractivity contribution >= 4 is 17.5 Å². The standard InChI is InChI=1S/C12H20ClNO/c1-8(10-3-4-10)12(15)14-7-9-2-5-11(13)6-9/h8-11H,2-7H2,1H3,(H,14,15). The first kappa shape index (κ1) is 11.3. The molecule has 2 aliphatic carbocycles. The number of hydrogen-bond donors (Lipinski definition) is 1. The van der Waals surface area contributed by atoms with Gasteiger partial charge in [-0.1, -0.05) is 6.92 Å². The van der Waals surface area contributed by atoms with Crippen molar-refractivity contribution < 1.29 is 4.79 Å². The first-order chi connectivity index (χ1) is 7.16. The van der Waals surface area contributed by atoms with Gasteiger partial charge in [0.15, 0.2) is 0 Å². The van der Waals surface area contributed by atoms with Crippen LogP contribution >= 0.6 is 11.6 Å². The van der Waals surface area contributed by atoms with Gasteiger partial charge in [0.05, 0.1) is 0 Å². The van der Waals surface area contributed by atoms with Gasteiger partial charge >= 0.3 is 0 Å². The molecule has 0 aromatic rings. The maximum atomic E-state index is 11.7. The Kier molecular flexibility index (Phi) is 3.55. The zero-order chi connectivity index (χ0) is 10.8. The van der Waals surface area contributed by atoms with Gasteiger partial charge in [0.25, 0.3) is 0 Å². The van der Waals surface area contributed by atoms with E-state index in [9.17, 15) is 4.79 Å². The van der Waals surface area contributed by atoms with Gasteiger partial charge in [0.2, 0.25) is 5.91 Å². The third-order valence-corrected chi connectivity index (χ3v) is 4.18. The van der Waals surface area contributed by atoms with Crippen LogP contribution in [-0.2, 0) is 4.79 Å². The van der Waals surface area contributed by atoms with Gasteiger partial charge in [-0.05, 0) is 43.9 Å². The molecule has 0 aromatic carbocycles. The summed E-state index contributed by atoms with van der Waals surface area (Å²) in [5, 5.41) is 3.41. The molecule has 2 aliphatic rings. The van der Waals surface area contributed by atoms with Gasteiger partial charge in [0, 0.05) is 17.8 Å². The van der Waals surface area contributed by atoms with Gasteiger partial charge in [-0.15, -0.1) is 11.6 Å². The number of nitrogens with one attached hydrogen (secondary N) is 1. The molecule has 2 saturated carbocycles. The maximum Gasteiger partial charge on any atom is 0.223 e. The van der Waals surface area contributed by atoms with Gasteiger partial charge < -0.3 is 5.32 Å². The molecule has 2 rings (SSSR count). The highest BCUT2D eigenvalue weighted by Gasteiger charge is 2.33. The Hall–Kier alpha value is -0.240. The van der Waals surface area contributed by atoms with Gasteiger partial charge in [-0.25, -0.2) is 0 Å². The lowest BCUT2D eigenvalue weighted by Crippen LogP contribution is -2.33. The zero-order valence-electron chi connectivity index (χ0n) is 9.34. The number of carbonyl (C=O) groups excluding carboxylic acids is 1. The summed E-state index contributed by atoms with van der Waals surface area (Å²) < 4.78 is 0. The van der Waals surface area contributed by atoms with Crippen molar-refractivity contribution in [3.8, 4) is 0 Å². The summed E-state index contributed by atoms with van der Waals surface area (Å²) in [5.41, 5.74) is 0. The Morgan fingerprint density at radius 1 is 1.40 bits per heavy atom. The highest BCUT2D eigenvalue weighted by molar-refractivity contribution is 6.20. The second-order valence-corrected chi connectivity index (χ2v) is 5.76. The molecule has 0 aliphatic heterocycles. The van der Waals surface area contributed by atoms with E-state index in [1.165, 1.54) is 19.3 Å².